The van der Waals surface area contributed by atoms with Gasteiger partial charge in [0.05, 0.1) is 11.3 Å². The molecular formula is C13H16FNO4S. The van der Waals surface area contributed by atoms with E-state index in [1.54, 1.807) is 6.92 Å². The Labute approximate surface area is 117 Å². The van der Waals surface area contributed by atoms with Crippen molar-refractivity contribution in [3.05, 3.63) is 29.6 Å². The van der Waals surface area contributed by atoms with E-state index in [2.05, 4.69) is 0 Å². The van der Waals surface area contributed by atoms with Gasteiger partial charge in [0.2, 0.25) is 10.0 Å². The fourth-order valence-electron chi connectivity index (χ4n) is 2.51. The van der Waals surface area contributed by atoms with Crippen molar-refractivity contribution in [2.75, 3.05) is 6.54 Å². The van der Waals surface area contributed by atoms with Crippen LogP contribution in [0.25, 0.3) is 0 Å². The van der Waals surface area contributed by atoms with Crippen LogP contribution in [0, 0.1) is 12.7 Å². The first-order valence-corrected chi connectivity index (χ1v) is 7.76. The van der Waals surface area contributed by atoms with E-state index in [-0.39, 0.29) is 17.9 Å². The summed E-state index contributed by atoms with van der Waals surface area (Å²) in [5, 5.41) is 8.85. The molecule has 1 aromatic carbocycles. The highest BCUT2D eigenvalue weighted by Gasteiger charge is 2.37. The fourth-order valence-corrected chi connectivity index (χ4v) is 4.44. The Kier molecular flexibility index (Phi) is 4.10. The highest BCUT2D eigenvalue weighted by atomic mass is 32.2. The molecular weight excluding hydrogens is 285 g/mol. The summed E-state index contributed by atoms with van der Waals surface area (Å²) in [7, 11) is -3.86. The van der Waals surface area contributed by atoms with Crippen LogP contribution in [0.1, 0.15) is 24.8 Å². The van der Waals surface area contributed by atoms with Crippen molar-refractivity contribution in [1.29, 1.82) is 0 Å². The smallest absolute Gasteiger partial charge is 0.304 e. The van der Waals surface area contributed by atoms with Gasteiger partial charge in [-0.25, -0.2) is 12.8 Å². The van der Waals surface area contributed by atoms with E-state index >= 15 is 0 Å². The van der Waals surface area contributed by atoms with Gasteiger partial charge in [0, 0.05) is 12.6 Å². The predicted molar refractivity (Wildman–Crippen MR) is 70.3 cm³/mol. The number of benzene rings is 1. The second-order valence-corrected chi connectivity index (χ2v) is 6.78. The number of carboxylic acid groups (broad SMARTS) is 1. The van der Waals surface area contributed by atoms with Crippen molar-refractivity contribution in [2.24, 2.45) is 0 Å². The number of halogens is 1. The zero-order valence-electron chi connectivity index (χ0n) is 11.0. The van der Waals surface area contributed by atoms with Crippen molar-refractivity contribution < 1.29 is 22.7 Å². The Hall–Kier alpha value is -1.47. The SMILES string of the molecule is Cc1ccc(F)cc1S(=O)(=O)N1CCCC1CC(=O)O. The molecule has 5 nitrogen and oxygen atoms in total. The third kappa shape index (κ3) is 2.83. The maximum absolute atomic E-state index is 13.3. The van der Waals surface area contributed by atoms with Crippen LogP contribution in [0.15, 0.2) is 23.1 Å². The summed E-state index contributed by atoms with van der Waals surface area (Å²) in [6, 6.07) is 3.04. The van der Waals surface area contributed by atoms with Crippen molar-refractivity contribution in [2.45, 2.75) is 37.1 Å². The predicted octanol–water partition coefficient (Wildman–Crippen LogP) is 1.76. The van der Waals surface area contributed by atoms with Crippen LogP contribution in [0.3, 0.4) is 0 Å². The van der Waals surface area contributed by atoms with Gasteiger partial charge < -0.3 is 5.11 Å². The van der Waals surface area contributed by atoms with Gasteiger partial charge in [-0.15, -0.1) is 0 Å². The molecule has 1 heterocycles. The lowest BCUT2D eigenvalue weighted by Crippen LogP contribution is -2.37. The Bertz CT molecular complexity index is 629. The fraction of sp³-hybridized carbons (Fsp3) is 0.462. The van der Waals surface area contributed by atoms with E-state index in [9.17, 15) is 17.6 Å². The molecule has 2 rings (SSSR count). The Morgan fingerprint density at radius 1 is 1.50 bits per heavy atom. The summed E-state index contributed by atoms with van der Waals surface area (Å²) in [6.45, 7) is 1.87. The van der Waals surface area contributed by atoms with E-state index in [0.717, 1.165) is 6.07 Å². The lowest BCUT2D eigenvalue weighted by Gasteiger charge is -2.23. The molecule has 0 radical (unpaired) electrons. The zero-order chi connectivity index (χ0) is 14.9. The van der Waals surface area contributed by atoms with Gasteiger partial charge in [0.25, 0.3) is 0 Å². The summed E-state index contributed by atoms with van der Waals surface area (Å²) in [6.07, 6.45) is 0.902. The number of aliphatic carboxylic acids is 1. The number of carboxylic acids is 1. The van der Waals surface area contributed by atoms with Crippen molar-refractivity contribution in [1.82, 2.24) is 4.31 Å². The topological polar surface area (TPSA) is 74.7 Å². The molecule has 1 fully saturated rings. The summed E-state index contributed by atoms with van der Waals surface area (Å²) < 4.78 is 39.6. The molecule has 20 heavy (non-hydrogen) atoms. The first-order chi connectivity index (χ1) is 9.32. The standard InChI is InChI=1S/C13H16FNO4S/c1-9-4-5-10(14)7-12(9)20(18,19)15-6-2-3-11(15)8-13(16)17/h4-5,7,11H,2-3,6,8H2,1H3,(H,16,17). The average Bonchev–Trinajstić information content (AvgIpc) is 2.80. The number of hydrogen-bond acceptors (Lipinski definition) is 3. The zero-order valence-corrected chi connectivity index (χ0v) is 11.9. The van der Waals surface area contributed by atoms with Gasteiger partial charge in [0.15, 0.2) is 0 Å². The Balaban J connectivity index is 2.39. The van der Waals surface area contributed by atoms with E-state index in [1.165, 1.54) is 16.4 Å². The number of hydrogen-bond donors (Lipinski definition) is 1. The quantitative estimate of drug-likeness (QED) is 0.919. The largest absolute Gasteiger partial charge is 0.481 e. The molecule has 0 aliphatic carbocycles. The summed E-state index contributed by atoms with van der Waals surface area (Å²) in [5.41, 5.74) is 0.451. The number of sulfonamides is 1. The maximum atomic E-state index is 13.3. The highest BCUT2D eigenvalue weighted by Crippen LogP contribution is 2.29. The third-order valence-corrected chi connectivity index (χ3v) is 5.56. The highest BCUT2D eigenvalue weighted by molar-refractivity contribution is 7.89. The minimum atomic E-state index is -3.86. The second-order valence-electron chi connectivity index (χ2n) is 4.92. The van der Waals surface area contributed by atoms with Crippen LogP contribution in [0.5, 0.6) is 0 Å². The number of nitrogens with zero attached hydrogens (tertiary/aromatic N) is 1. The van der Waals surface area contributed by atoms with Gasteiger partial charge in [-0.2, -0.15) is 4.31 Å². The minimum Gasteiger partial charge on any atom is -0.481 e. The summed E-state index contributed by atoms with van der Waals surface area (Å²) in [4.78, 5) is 10.7. The van der Waals surface area contributed by atoms with Crippen LogP contribution in [0.2, 0.25) is 0 Å². The maximum Gasteiger partial charge on any atom is 0.304 e. The lowest BCUT2D eigenvalue weighted by molar-refractivity contribution is -0.137. The average molecular weight is 301 g/mol. The van der Waals surface area contributed by atoms with Gasteiger partial charge >= 0.3 is 5.97 Å². The normalized spacial score (nSPS) is 20.2. The molecule has 1 atom stereocenters. The molecule has 7 heteroatoms. The molecule has 0 spiro atoms. The van der Waals surface area contributed by atoms with E-state index in [0.29, 0.717) is 18.4 Å². The first-order valence-electron chi connectivity index (χ1n) is 6.32. The van der Waals surface area contributed by atoms with Gasteiger partial charge in [-0.3, -0.25) is 4.79 Å². The number of aryl methyl sites for hydroxylation is 1. The van der Waals surface area contributed by atoms with Crippen LogP contribution >= 0.6 is 0 Å². The van der Waals surface area contributed by atoms with Gasteiger partial charge in [-0.05, 0) is 37.5 Å². The first kappa shape index (κ1) is 14.9. The van der Waals surface area contributed by atoms with Crippen molar-refractivity contribution in [3.63, 3.8) is 0 Å². The second kappa shape index (κ2) is 5.49. The Morgan fingerprint density at radius 3 is 2.85 bits per heavy atom. The third-order valence-electron chi connectivity index (χ3n) is 3.47. The number of carbonyl (C=O) groups is 1. The summed E-state index contributed by atoms with van der Waals surface area (Å²) in [5.74, 6) is -1.66. The molecule has 0 aromatic heterocycles. The van der Waals surface area contributed by atoms with Crippen LogP contribution in [0.4, 0.5) is 4.39 Å². The molecule has 1 aliphatic rings. The molecule has 0 bridgehead atoms. The van der Waals surface area contributed by atoms with E-state index in [4.69, 9.17) is 5.11 Å². The molecule has 110 valence electrons. The number of rotatable bonds is 4. The molecule has 1 unspecified atom stereocenters. The molecule has 1 saturated heterocycles. The Morgan fingerprint density at radius 2 is 2.20 bits per heavy atom. The van der Waals surface area contributed by atoms with Gasteiger partial charge in [0.1, 0.15) is 5.82 Å². The molecule has 1 aliphatic heterocycles. The summed E-state index contributed by atoms with van der Waals surface area (Å²) >= 11 is 0. The minimum absolute atomic E-state index is 0.0882. The van der Waals surface area contributed by atoms with Crippen LogP contribution < -0.4 is 0 Å². The van der Waals surface area contributed by atoms with E-state index in [1.807, 2.05) is 0 Å². The monoisotopic (exact) mass is 301 g/mol. The molecule has 1 N–H and O–H groups in total. The van der Waals surface area contributed by atoms with Crippen LogP contribution in [-0.2, 0) is 14.8 Å². The van der Waals surface area contributed by atoms with Crippen molar-refractivity contribution >= 4 is 16.0 Å². The molecule has 0 amide bonds. The van der Waals surface area contributed by atoms with E-state index < -0.39 is 27.9 Å². The van der Waals surface area contributed by atoms with Gasteiger partial charge in [-0.1, -0.05) is 6.07 Å². The molecule has 1 aromatic rings. The van der Waals surface area contributed by atoms with Crippen LogP contribution in [-0.4, -0.2) is 36.4 Å². The molecule has 0 saturated carbocycles. The lowest BCUT2D eigenvalue weighted by atomic mass is 10.2. The van der Waals surface area contributed by atoms with Crippen molar-refractivity contribution in [3.8, 4) is 0 Å².